The molecular formula is C14H19FINO. The predicted octanol–water partition coefficient (Wildman–Crippen LogP) is 4.05. The van der Waals surface area contributed by atoms with Gasteiger partial charge in [-0.1, -0.05) is 13.8 Å². The summed E-state index contributed by atoms with van der Waals surface area (Å²) in [6.45, 7) is 5.18. The minimum atomic E-state index is -0.183. The minimum Gasteiger partial charge on any atom is -0.381 e. The Labute approximate surface area is 121 Å². The van der Waals surface area contributed by atoms with Crippen molar-refractivity contribution in [2.24, 2.45) is 5.92 Å². The fraction of sp³-hybridized carbons (Fsp3) is 0.571. The number of hydrogen-bond acceptors (Lipinski definition) is 2. The van der Waals surface area contributed by atoms with Gasteiger partial charge in [-0.05, 0) is 59.5 Å². The Morgan fingerprint density at radius 2 is 2.22 bits per heavy atom. The summed E-state index contributed by atoms with van der Waals surface area (Å²) < 4.78 is 19.7. The van der Waals surface area contributed by atoms with E-state index >= 15 is 0 Å². The van der Waals surface area contributed by atoms with Crippen molar-refractivity contribution in [3.05, 3.63) is 27.6 Å². The van der Waals surface area contributed by atoms with E-state index in [1.165, 1.54) is 6.07 Å². The molecule has 2 unspecified atom stereocenters. The summed E-state index contributed by atoms with van der Waals surface area (Å²) in [5.41, 5.74) is 1.02. The molecular weight excluding hydrogens is 344 g/mol. The lowest BCUT2D eigenvalue weighted by molar-refractivity contribution is -0.0160. The second-order valence-electron chi connectivity index (χ2n) is 5.14. The zero-order valence-electron chi connectivity index (χ0n) is 10.7. The largest absolute Gasteiger partial charge is 0.381 e. The van der Waals surface area contributed by atoms with Gasteiger partial charge in [-0.3, -0.25) is 0 Å². The molecule has 0 saturated carbocycles. The van der Waals surface area contributed by atoms with Crippen LogP contribution < -0.4 is 5.32 Å². The molecule has 2 rings (SSSR count). The van der Waals surface area contributed by atoms with E-state index in [0.717, 1.165) is 28.7 Å². The van der Waals surface area contributed by atoms with Crippen molar-refractivity contribution in [1.29, 1.82) is 0 Å². The van der Waals surface area contributed by atoms with Crippen molar-refractivity contribution in [1.82, 2.24) is 0 Å². The maximum atomic E-state index is 13.0. The maximum Gasteiger partial charge on any atom is 0.124 e. The third-order valence-corrected chi connectivity index (χ3v) is 4.24. The van der Waals surface area contributed by atoms with Gasteiger partial charge in [0.05, 0.1) is 6.10 Å². The van der Waals surface area contributed by atoms with E-state index in [4.69, 9.17) is 4.74 Å². The summed E-state index contributed by atoms with van der Waals surface area (Å²) >= 11 is 2.17. The quantitative estimate of drug-likeness (QED) is 0.819. The van der Waals surface area contributed by atoms with Crippen LogP contribution in [-0.2, 0) is 4.74 Å². The third-order valence-electron chi connectivity index (χ3n) is 3.35. The number of halogens is 2. The molecule has 1 N–H and O–H groups in total. The van der Waals surface area contributed by atoms with Crippen LogP contribution >= 0.6 is 22.6 Å². The van der Waals surface area contributed by atoms with Crippen molar-refractivity contribution >= 4 is 28.3 Å². The minimum absolute atomic E-state index is 0.183. The lowest BCUT2D eigenvalue weighted by Gasteiger charge is -2.33. The zero-order valence-corrected chi connectivity index (χ0v) is 12.9. The van der Waals surface area contributed by atoms with Crippen molar-refractivity contribution in [3.8, 4) is 0 Å². The molecule has 0 bridgehead atoms. The van der Waals surface area contributed by atoms with Crippen LogP contribution in [0.5, 0.6) is 0 Å². The second kappa shape index (κ2) is 6.19. The Morgan fingerprint density at radius 1 is 1.44 bits per heavy atom. The molecule has 1 aliphatic rings. The number of nitrogens with one attached hydrogen (secondary N) is 1. The van der Waals surface area contributed by atoms with Crippen LogP contribution in [-0.4, -0.2) is 18.8 Å². The summed E-state index contributed by atoms with van der Waals surface area (Å²) in [5, 5.41) is 3.51. The van der Waals surface area contributed by atoms with E-state index in [0.29, 0.717) is 18.1 Å². The molecule has 1 aromatic rings. The van der Waals surface area contributed by atoms with E-state index < -0.39 is 0 Å². The highest BCUT2D eigenvalue weighted by molar-refractivity contribution is 14.1. The van der Waals surface area contributed by atoms with Crippen molar-refractivity contribution in [2.45, 2.75) is 38.8 Å². The first-order valence-corrected chi connectivity index (χ1v) is 7.47. The summed E-state index contributed by atoms with van der Waals surface area (Å²) in [7, 11) is 0. The summed E-state index contributed by atoms with van der Waals surface area (Å²) in [5.74, 6) is 0.360. The van der Waals surface area contributed by atoms with E-state index in [-0.39, 0.29) is 5.82 Å². The van der Waals surface area contributed by atoms with Crippen LogP contribution in [0.15, 0.2) is 18.2 Å². The maximum absolute atomic E-state index is 13.0. The highest BCUT2D eigenvalue weighted by Crippen LogP contribution is 2.25. The van der Waals surface area contributed by atoms with E-state index in [2.05, 4.69) is 41.8 Å². The molecule has 1 saturated heterocycles. The highest BCUT2D eigenvalue weighted by Gasteiger charge is 2.25. The van der Waals surface area contributed by atoms with Crippen LogP contribution in [0.25, 0.3) is 0 Å². The Bertz CT molecular complexity index is 411. The molecule has 0 radical (unpaired) electrons. The summed E-state index contributed by atoms with van der Waals surface area (Å²) in [6, 6.07) is 5.30. The Morgan fingerprint density at radius 3 is 2.89 bits per heavy atom. The molecule has 0 amide bonds. The van der Waals surface area contributed by atoms with Gasteiger partial charge in [0, 0.05) is 21.9 Å². The van der Waals surface area contributed by atoms with Crippen molar-refractivity contribution in [2.75, 3.05) is 11.9 Å². The Hall–Kier alpha value is -0.360. The standard InChI is InChI=1S/C14H19FINO/c1-9(2)14-8-11(5-6-18-14)17-13-4-3-10(15)7-12(13)16/h3-4,7,9,11,14,17H,5-6,8H2,1-2H3. The molecule has 4 heteroatoms. The number of benzene rings is 1. The zero-order chi connectivity index (χ0) is 13.1. The van der Waals surface area contributed by atoms with Gasteiger partial charge in [0.25, 0.3) is 0 Å². The summed E-state index contributed by atoms with van der Waals surface area (Å²) in [6.07, 6.45) is 2.36. The van der Waals surface area contributed by atoms with Crippen LogP contribution in [0.2, 0.25) is 0 Å². The van der Waals surface area contributed by atoms with E-state index in [1.54, 1.807) is 6.07 Å². The molecule has 1 heterocycles. The number of ether oxygens (including phenoxy) is 1. The van der Waals surface area contributed by atoms with Gasteiger partial charge in [0.2, 0.25) is 0 Å². The first-order valence-electron chi connectivity index (χ1n) is 6.39. The molecule has 1 aliphatic heterocycles. The van der Waals surface area contributed by atoms with Crippen LogP contribution in [0, 0.1) is 15.3 Å². The van der Waals surface area contributed by atoms with Crippen molar-refractivity contribution < 1.29 is 9.13 Å². The SMILES string of the molecule is CC(C)C1CC(Nc2ccc(F)cc2I)CCO1. The molecule has 0 spiro atoms. The Balaban J connectivity index is 2.00. The van der Waals surface area contributed by atoms with E-state index in [1.807, 2.05) is 6.07 Å². The fourth-order valence-corrected chi connectivity index (χ4v) is 2.88. The molecule has 2 atom stereocenters. The summed E-state index contributed by atoms with van der Waals surface area (Å²) in [4.78, 5) is 0. The van der Waals surface area contributed by atoms with Gasteiger partial charge in [0.1, 0.15) is 5.82 Å². The van der Waals surface area contributed by atoms with Gasteiger partial charge in [0.15, 0.2) is 0 Å². The predicted molar refractivity (Wildman–Crippen MR) is 80.3 cm³/mol. The van der Waals surface area contributed by atoms with Crippen LogP contribution in [0.3, 0.4) is 0 Å². The first kappa shape index (κ1) is 14.1. The normalized spacial score (nSPS) is 24.3. The average Bonchev–Trinajstić information content (AvgIpc) is 2.33. The molecule has 1 fully saturated rings. The van der Waals surface area contributed by atoms with Gasteiger partial charge in [-0.25, -0.2) is 4.39 Å². The fourth-order valence-electron chi connectivity index (χ4n) is 2.25. The van der Waals surface area contributed by atoms with Gasteiger partial charge in [-0.2, -0.15) is 0 Å². The number of hydrogen-bond donors (Lipinski definition) is 1. The van der Waals surface area contributed by atoms with E-state index in [9.17, 15) is 4.39 Å². The number of rotatable bonds is 3. The monoisotopic (exact) mass is 363 g/mol. The first-order chi connectivity index (χ1) is 8.56. The van der Waals surface area contributed by atoms with Crippen molar-refractivity contribution in [3.63, 3.8) is 0 Å². The lowest BCUT2D eigenvalue weighted by atomic mass is 9.95. The molecule has 0 aromatic heterocycles. The topological polar surface area (TPSA) is 21.3 Å². The molecule has 0 aliphatic carbocycles. The lowest BCUT2D eigenvalue weighted by Crippen LogP contribution is -2.36. The molecule has 2 nitrogen and oxygen atoms in total. The molecule has 100 valence electrons. The Kier molecular flexibility index (Phi) is 4.84. The smallest absolute Gasteiger partial charge is 0.124 e. The van der Waals surface area contributed by atoms with Gasteiger partial charge >= 0.3 is 0 Å². The number of anilines is 1. The van der Waals surface area contributed by atoms with Crippen LogP contribution in [0.1, 0.15) is 26.7 Å². The van der Waals surface area contributed by atoms with Gasteiger partial charge in [-0.15, -0.1) is 0 Å². The average molecular weight is 363 g/mol. The van der Waals surface area contributed by atoms with Gasteiger partial charge < -0.3 is 10.1 Å². The third kappa shape index (κ3) is 3.57. The highest BCUT2D eigenvalue weighted by atomic mass is 127. The molecule has 1 aromatic carbocycles. The molecule has 18 heavy (non-hydrogen) atoms. The van der Waals surface area contributed by atoms with Crippen LogP contribution in [0.4, 0.5) is 10.1 Å². The second-order valence-corrected chi connectivity index (χ2v) is 6.31.